The van der Waals surface area contributed by atoms with Crippen LogP contribution in [0.4, 0.5) is 11.6 Å². The summed E-state index contributed by atoms with van der Waals surface area (Å²) in [7, 11) is 0. The van der Waals surface area contributed by atoms with E-state index < -0.39 is 0 Å². The first-order valence-electron chi connectivity index (χ1n) is 9.23. The standard InChI is InChI=1S/C21H20N6OS2/c1-12-7-8-14(9-13(12)2)23-19(22)27-20-24-15(10-18(28)26-20)11-29-21-25-16-5-3-4-6-17(16)30-21/h3-10H,11H2,1-2H3,(H4,22,23,24,26,27,28). The third-order valence-electron chi connectivity index (χ3n) is 4.41. The van der Waals surface area contributed by atoms with Gasteiger partial charge < -0.3 is 11.1 Å². The van der Waals surface area contributed by atoms with E-state index in [1.165, 1.54) is 23.4 Å². The average molecular weight is 437 g/mol. The number of benzene rings is 2. The molecule has 4 N–H and O–H groups in total. The van der Waals surface area contributed by atoms with Gasteiger partial charge in [-0.25, -0.2) is 9.97 Å². The Morgan fingerprint density at radius 1 is 1.17 bits per heavy atom. The molecule has 0 radical (unpaired) electrons. The lowest BCUT2D eigenvalue weighted by atomic mass is 10.1. The highest BCUT2D eigenvalue weighted by Crippen LogP contribution is 2.30. The van der Waals surface area contributed by atoms with Crippen LogP contribution in [-0.4, -0.2) is 20.9 Å². The van der Waals surface area contributed by atoms with Gasteiger partial charge in [-0.3, -0.25) is 9.78 Å². The van der Waals surface area contributed by atoms with E-state index in [4.69, 9.17) is 5.73 Å². The molecule has 2 aromatic carbocycles. The van der Waals surface area contributed by atoms with Crippen molar-refractivity contribution in [3.8, 4) is 0 Å². The van der Waals surface area contributed by atoms with Crippen LogP contribution < -0.4 is 16.6 Å². The Labute approximate surface area is 181 Å². The van der Waals surface area contributed by atoms with Crippen molar-refractivity contribution in [2.45, 2.75) is 23.9 Å². The van der Waals surface area contributed by atoms with Crippen molar-refractivity contribution in [2.75, 3.05) is 5.32 Å². The smallest absolute Gasteiger partial charge is 0.252 e. The highest BCUT2D eigenvalue weighted by Gasteiger charge is 2.07. The minimum absolute atomic E-state index is 0.150. The molecular weight excluding hydrogens is 416 g/mol. The van der Waals surface area contributed by atoms with Gasteiger partial charge >= 0.3 is 0 Å². The van der Waals surface area contributed by atoms with E-state index in [2.05, 4.69) is 25.3 Å². The van der Waals surface area contributed by atoms with Crippen molar-refractivity contribution in [3.05, 3.63) is 75.7 Å². The third kappa shape index (κ3) is 4.87. The third-order valence-corrected chi connectivity index (χ3v) is 6.62. The van der Waals surface area contributed by atoms with Gasteiger partial charge in [0.05, 0.1) is 15.9 Å². The number of nitrogens with zero attached hydrogens (tertiary/aromatic N) is 3. The normalized spacial score (nSPS) is 11.7. The number of guanidine groups is 1. The van der Waals surface area contributed by atoms with Gasteiger partial charge in [0, 0.05) is 17.5 Å². The molecule has 0 aliphatic heterocycles. The Morgan fingerprint density at radius 2 is 2.00 bits per heavy atom. The lowest BCUT2D eigenvalue weighted by molar-refractivity contribution is 1.04. The van der Waals surface area contributed by atoms with Gasteiger partial charge in [-0.1, -0.05) is 30.0 Å². The number of aromatic nitrogens is 3. The zero-order valence-electron chi connectivity index (χ0n) is 16.5. The molecule has 0 saturated carbocycles. The molecule has 0 fully saturated rings. The van der Waals surface area contributed by atoms with E-state index in [0.29, 0.717) is 11.4 Å². The summed E-state index contributed by atoms with van der Waals surface area (Å²) in [6.45, 7) is 4.07. The Bertz CT molecular complexity index is 1260. The number of para-hydroxylation sites is 1. The number of aryl methyl sites for hydroxylation is 2. The quantitative estimate of drug-likeness (QED) is 0.244. The maximum atomic E-state index is 12.0. The number of fused-ring (bicyclic) bond motifs is 1. The second kappa shape index (κ2) is 8.68. The molecule has 4 rings (SSSR count). The van der Waals surface area contributed by atoms with Crippen LogP contribution in [0.25, 0.3) is 10.2 Å². The minimum Gasteiger partial charge on any atom is -0.369 e. The number of nitrogens with one attached hydrogen (secondary N) is 2. The van der Waals surface area contributed by atoms with Gasteiger partial charge in [-0.05, 0) is 49.2 Å². The van der Waals surface area contributed by atoms with Crippen molar-refractivity contribution < 1.29 is 0 Å². The highest BCUT2D eigenvalue weighted by atomic mass is 32.2. The van der Waals surface area contributed by atoms with E-state index in [1.54, 1.807) is 11.3 Å². The molecule has 152 valence electrons. The number of H-pyrrole nitrogens is 1. The van der Waals surface area contributed by atoms with Gasteiger partial charge in [0.2, 0.25) is 11.9 Å². The maximum Gasteiger partial charge on any atom is 0.252 e. The molecular formula is C21H20N6OS2. The molecule has 4 aromatic rings. The first-order chi connectivity index (χ1) is 14.5. The van der Waals surface area contributed by atoms with Gasteiger partial charge in [0.25, 0.3) is 5.56 Å². The summed E-state index contributed by atoms with van der Waals surface area (Å²) in [6.07, 6.45) is 0. The highest BCUT2D eigenvalue weighted by molar-refractivity contribution is 8.00. The molecule has 0 aliphatic carbocycles. The molecule has 0 atom stereocenters. The lowest BCUT2D eigenvalue weighted by Gasteiger charge is -2.08. The van der Waals surface area contributed by atoms with Crippen LogP contribution in [0.1, 0.15) is 16.8 Å². The predicted octanol–water partition coefficient (Wildman–Crippen LogP) is 4.35. The molecule has 0 aliphatic rings. The van der Waals surface area contributed by atoms with Crippen molar-refractivity contribution in [1.29, 1.82) is 0 Å². The molecule has 2 aromatic heterocycles. The van der Waals surface area contributed by atoms with Crippen molar-refractivity contribution >= 4 is 50.9 Å². The van der Waals surface area contributed by atoms with E-state index >= 15 is 0 Å². The fourth-order valence-electron chi connectivity index (χ4n) is 2.78. The number of thioether (sulfide) groups is 1. The van der Waals surface area contributed by atoms with Crippen LogP contribution in [-0.2, 0) is 5.75 Å². The summed E-state index contributed by atoms with van der Waals surface area (Å²) in [5.74, 6) is 0.824. The SMILES string of the molecule is Cc1ccc(N/C(N)=N/c2nc(CSc3nc4ccccc4s3)cc(=O)[nH]2)cc1C. The topological polar surface area (TPSA) is 109 Å². The number of anilines is 1. The Hall–Kier alpha value is -3.17. The number of aliphatic imine (C=N–C) groups is 1. The van der Waals surface area contributed by atoms with Gasteiger partial charge in [-0.2, -0.15) is 4.99 Å². The fourth-order valence-corrected chi connectivity index (χ4v) is 4.74. The summed E-state index contributed by atoms with van der Waals surface area (Å²) in [5, 5.41) is 3.02. The maximum absolute atomic E-state index is 12.0. The van der Waals surface area contributed by atoms with E-state index in [-0.39, 0.29) is 17.5 Å². The van der Waals surface area contributed by atoms with Crippen LogP contribution in [0, 0.1) is 13.8 Å². The molecule has 0 unspecified atom stereocenters. The average Bonchev–Trinajstić information content (AvgIpc) is 3.12. The molecule has 7 nitrogen and oxygen atoms in total. The first-order valence-corrected chi connectivity index (χ1v) is 11.0. The van der Waals surface area contributed by atoms with Gasteiger partial charge in [-0.15, -0.1) is 11.3 Å². The Morgan fingerprint density at radius 3 is 2.80 bits per heavy atom. The zero-order chi connectivity index (χ0) is 21.1. The molecule has 0 bridgehead atoms. The van der Waals surface area contributed by atoms with Crippen molar-refractivity contribution in [1.82, 2.24) is 15.0 Å². The number of hydrogen-bond donors (Lipinski definition) is 3. The largest absolute Gasteiger partial charge is 0.369 e. The summed E-state index contributed by atoms with van der Waals surface area (Å²) < 4.78 is 2.06. The molecule has 9 heteroatoms. The predicted molar refractivity (Wildman–Crippen MR) is 125 cm³/mol. The van der Waals surface area contributed by atoms with Gasteiger partial charge in [0.1, 0.15) is 0 Å². The second-order valence-electron chi connectivity index (χ2n) is 6.72. The Balaban J connectivity index is 1.48. The van der Waals surface area contributed by atoms with Crippen LogP contribution >= 0.6 is 23.1 Å². The van der Waals surface area contributed by atoms with Gasteiger partial charge in [0.15, 0.2) is 4.34 Å². The van der Waals surface area contributed by atoms with Crippen LogP contribution in [0.3, 0.4) is 0 Å². The summed E-state index contributed by atoms with van der Waals surface area (Å²) in [6, 6.07) is 15.4. The van der Waals surface area contributed by atoms with Crippen LogP contribution in [0.15, 0.2) is 62.7 Å². The minimum atomic E-state index is -0.275. The van der Waals surface area contributed by atoms with E-state index in [0.717, 1.165) is 25.8 Å². The first kappa shape index (κ1) is 20.1. The number of rotatable bonds is 5. The number of nitrogens with two attached hydrogens (primary N) is 1. The van der Waals surface area contributed by atoms with Crippen LogP contribution in [0.2, 0.25) is 0 Å². The van der Waals surface area contributed by atoms with E-state index in [1.807, 2.05) is 56.3 Å². The number of thiazole rings is 1. The van der Waals surface area contributed by atoms with Crippen molar-refractivity contribution in [3.63, 3.8) is 0 Å². The second-order valence-corrected chi connectivity index (χ2v) is 8.97. The molecule has 30 heavy (non-hydrogen) atoms. The lowest BCUT2D eigenvalue weighted by Crippen LogP contribution is -2.22. The molecule has 0 amide bonds. The molecule has 0 spiro atoms. The van der Waals surface area contributed by atoms with Crippen molar-refractivity contribution in [2.24, 2.45) is 10.7 Å². The fraction of sp³-hybridized carbons (Fsp3) is 0.143. The summed E-state index contributed by atoms with van der Waals surface area (Å²) >= 11 is 3.16. The number of hydrogen-bond acceptors (Lipinski definition) is 6. The number of aromatic amines is 1. The Kier molecular flexibility index (Phi) is 5.82. The molecule has 0 saturated heterocycles. The zero-order valence-corrected chi connectivity index (χ0v) is 18.1. The summed E-state index contributed by atoms with van der Waals surface area (Å²) in [5.41, 5.74) is 10.5. The van der Waals surface area contributed by atoms with Crippen LogP contribution in [0.5, 0.6) is 0 Å². The summed E-state index contributed by atoms with van der Waals surface area (Å²) in [4.78, 5) is 27.9. The van der Waals surface area contributed by atoms with E-state index in [9.17, 15) is 4.79 Å². The monoisotopic (exact) mass is 436 g/mol. The molecule has 2 heterocycles.